The molecular formula is C33H40O8Si. The highest BCUT2D eigenvalue weighted by molar-refractivity contribution is 6.74. The van der Waals surface area contributed by atoms with E-state index >= 15 is 0 Å². The van der Waals surface area contributed by atoms with Crippen molar-refractivity contribution < 1.29 is 38.1 Å². The average molecular weight is 593 g/mol. The zero-order valence-corrected chi connectivity index (χ0v) is 25.8. The Kier molecular flexibility index (Phi) is 10.3. The van der Waals surface area contributed by atoms with Gasteiger partial charge in [-0.3, -0.25) is 0 Å². The van der Waals surface area contributed by atoms with Crippen LogP contribution in [0.2, 0.25) is 18.1 Å². The van der Waals surface area contributed by atoms with Crippen LogP contribution in [0.1, 0.15) is 47.1 Å². The molecule has 0 unspecified atom stereocenters. The predicted octanol–water partition coefficient (Wildman–Crippen LogP) is 5.76. The minimum absolute atomic E-state index is 0.0465. The number of carbonyl (C=O) groups excluding carboxylic acids is 2. The van der Waals surface area contributed by atoms with Crippen molar-refractivity contribution in [3.63, 3.8) is 0 Å². The third-order valence-corrected chi connectivity index (χ3v) is 12.3. The van der Waals surface area contributed by atoms with E-state index in [1.54, 1.807) is 60.7 Å². The second-order valence-corrected chi connectivity index (χ2v) is 16.7. The average Bonchev–Trinajstić information content (AvgIpc) is 2.98. The Morgan fingerprint density at radius 1 is 0.762 bits per heavy atom. The molecule has 0 spiro atoms. The summed E-state index contributed by atoms with van der Waals surface area (Å²) in [6.07, 6.45) is -5.88. The van der Waals surface area contributed by atoms with Gasteiger partial charge < -0.3 is 28.5 Å². The van der Waals surface area contributed by atoms with E-state index in [0.29, 0.717) is 11.1 Å². The maximum Gasteiger partial charge on any atom is 0.338 e. The van der Waals surface area contributed by atoms with Gasteiger partial charge >= 0.3 is 11.9 Å². The predicted molar refractivity (Wildman–Crippen MR) is 160 cm³/mol. The van der Waals surface area contributed by atoms with Crippen LogP contribution in [-0.4, -0.2) is 62.7 Å². The number of hydrogen-bond acceptors (Lipinski definition) is 8. The summed E-state index contributed by atoms with van der Waals surface area (Å²) in [5.41, 5.74) is 1.49. The summed E-state index contributed by atoms with van der Waals surface area (Å²) >= 11 is 0. The fourth-order valence-corrected chi connectivity index (χ4v) is 5.31. The van der Waals surface area contributed by atoms with Gasteiger partial charge in [0, 0.05) is 0 Å². The van der Waals surface area contributed by atoms with Crippen molar-refractivity contribution in [3.05, 3.63) is 108 Å². The standard InChI is InChI=1S/C33H40O8Si/c1-33(2,3)42(4,5)38-22-26-27(40-30(34)24-17-11-7-12-18-24)28(37-21-23-15-9-6-10-16-23)29(32(36)39-26)41-31(35)25-19-13-8-14-20-25/h6-20,26-29,32,36H,21-22H2,1-5H3/t26-,27-,28+,29-,32-/m1/s1. The van der Waals surface area contributed by atoms with Gasteiger partial charge in [-0.2, -0.15) is 0 Å². The first-order valence-electron chi connectivity index (χ1n) is 14.1. The minimum Gasteiger partial charge on any atom is -0.453 e. The molecular weight excluding hydrogens is 552 g/mol. The molecule has 8 nitrogen and oxygen atoms in total. The van der Waals surface area contributed by atoms with E-state index in [4.69, 9.17) is 23.4 Å². The van der Waals surface area contributed by atoms with Crippen molar-refractivity contribution in [3.8, 4) is 0 Å². The molecule has 1 N–H and O–H groups in total. The lowest BCUT2D eigenvalue weighted by atomic mass is 9.98. The smallest absolute Gasteiger partial charge is 0.338 e. The molecule has 0 amide bonds. The van der Waals surface area contributed by atoms with Gasteiger partial charge in [-0.25, -0.2) is 9.59 Å². The van der Waals surface area contributed by atoms with Gasteiger partial charge in [0.25, 0.3) is 0 Å². The maximum absolute atomic E-state index is 13.3. The number of aliphatic hydroxyl groups excluding tert-OH is 1. The van der Waals surface area contributed by atoms with Crippen LogP contribution >= 0.6 is 0 Å². The molecule has 42 heavy (non-hydrogen) atoms. The highest BCUT2D eigenvalue weighted by Gasteiger charge is 2.51. The van der Waals surface area contributed by atoms with Crippen molar-refractivity contribution >= 4 is 20.3 Å². The quantitative estimate of drug-likeness (QED) is 0.234. The highest BCUT2D eigenvalue weighted by Crippen LogP contribution is 2.38. The van der Waals surface area contributed by atoms with E-state index in [1.807, 2.05) is 30.3 Å². The van der Waals surface area contributed by atoms with Crippen molar-refractivity contribution in [2.45, 2.75) is 76.2 Å². The summed E-state index contributed by atoms with van der Waals surface area (Å²) in [6, 6.07) is 26.5. The van der Waals surface area contributed by atoms with Gasteiger partial charge in [0.2, 0.25) is 0 Å². The zero-order valence-electron chi connectivity index (χ0n) is 24.8. The number of benzene rings is 3. The summed E-state index contributed by atoms with van der Waals surface area (Å²) in [5, 5.41) is 11.1. The molecule has 1 aliphatic heterocycles. The zero-order chi connectivity index (χ0) is 30.3. The third-order valence-electron chi connectivity index (χ3n) is 7.81. The van der Waals surface area contributed by atoms with Gasteiger partial charge in [0.05, 0.1) is 24.3 Å². The fraction of sp³-hybridized carbons (Fsp3) is 0.394. The van der Waals surface area contributed by atoms with Crippen molar-refractivity contribution in [2.75, 3.05) is 6.61 Å². The Balaban J connectivity index is 1.67. The second kappa shape index (κ2) is 13.8. The molecule has 5 atom stereocenters. The van der Waals surface area contributed by atoms with Gasteiger partial charge in [-0.15, -0.1) is 0 Å². The maximum atomic E-state index is 13.3. The normalized spacial score (nSPS) is 22.8. The van der Waals surface area contributed by atoms with Crippen LogP contribution in [0.3, 0.4) is 0 Å². The fourth-order valence-electron chi connectivity index (χ4n) is 4.29. The van der Waals surface area contributed by atoms with Crippen LogP contribution in [0.15, 0.2) is 91.0 Å². The molecule has 1 heterocycles. The molecule has 1 fully saturated rings. The molecule has 0 aliphatic carbocycles. The lowest BCUT2D eigenvalue weighted by Gasteiger charge is -2.45. The first-order valence-corrected chi connectivity index (χ1v) is 17.0. The topological polar surface area (TPSA) is 101 Å². The largest absolute Gasteiger partial charge is 0.453 e. The Hall–Kier alpha value is -3.34. The minimum atomic E-state index is -2.25. The highest BCUT2D eigenvalue weighted by atomic mass is 28.4. The van der Waals surface area contributed by atoms with E-state index in [1.165, 1.54) is 0 Å². The van der Waals surface area contributed by atoms with Crippen molar-refractivity contribution in [2.24, 2.45) is 0 Å². The summed E-state index contributed by atoms with van der Waals surface area (Å²) in [7, 11) is -2.25. The molecule has 1 aliphatic rings. The molecule has 224 valence electrons. The monoisotopic (exact) mass is 592 g/mol. The number of esters is 2. The van der Waals surface area contributed by atoms with Crippen LogP contribution < -0.4 is 0 Å². The summed E-state index contributed by atoms with van der Waals surface area (Å²) in [4.78, 5) is 26.4. The Morgan fingerprint density at radius 3 is 1.74 bits per heavy atom. The van der Waals surface area contributed by atoms with Gasteiger partial charge in [0.1, 0.15) is 12.2 Å². The van der Waals surface area contributed by atoms with E-state index in [-0.39, 0.29) is 18.3 Å². The van der Waals surface area contributed by atoms with Gasteiger partial charge in [-0.05, 0) is 48.0 Å². The van der Waals surface area contributed by atoms with E-state index in [0.717, 1.165) is 5.56 Å². The molecule has 4 rings (SSSR count). The van der Waals surface area contributed by atoms with Crippen LogP contribution in [0, 0.1) is 0 Å². The Labute approximate surface area is 248 Å². The number of ether oxygens (including phenoxy) is 4. The SMILES string of the molecule is CC(C)(C)[Si](C)(C)OC[C@H]1O[C@@H](O)[C@H](OC(=O)c2ccccc2)[C@@H](OCc2ccccc2)[C@@H]1OC(=O)c1ccccc1. The molecule has 3 aromatic rings. The summed E-state index contributed by atoms with van der Waals surface area (Å²) in [6.45, 7) is 10.7. The molecule has 9 heteroatoms. The van der Waals surface area contributed by atoms with Crippen LogP contribution in [0.25, 0.3) is 0 Å². The molecule has 0 radical (unpaired) electrons. The molecule has 0 aromatic heterocycles. The molecule has 1 saturated heterocycles. The number of hydrogen-bond donors (Lipinski definition) is 1. The number of rotatable bonds is 10. The van der Waals surface area contributed by atoms with E-state index < -0.39 is 51.0 Å². The van der Waals surface area contributed by atoms with E-state index in [2.05, 4.69) is 33.9 Å². The van der Waals surface area contributed by atoms with Gasteiger partial charge in [-0.1, -0.05) is 87.5 Å². The van der Waals surface area contributed by atoms with Crippen molar-refractivity contribution in [1.29, 1.82) is 0 Å². The molecule has 0 saturated carbocycles. The second-order valence-electron chi connectivity index (χ2n) is 11.9. The van der Waals surface area contributed by atoms with Crippen LogP contribution in [0.5, 0.6) is 0 Å². The van der Waals surface area contributed by atoms with E-state index in [9.17, 15) is 14.7 Å². The summed E-state index contributed by atoms with van der Waals surface area (Å²) in [5.74, 6) is -1.26. The Bertz CT molecular complexity index is 1290. The first-order chi connectivity index (χ1) is 20.0. The molecule has 0 bridgehead atoms. The first kappa shape index (κ1) is 31.6. The van der Waals surface area contributed by atoms with Crippen LogP contribution in [0.4, 0.5) is 0 Å². The Morgan fingerprint density at radius 2 is 1.24 bits per heavy atom. The lowest BCUT2D eigenvalue weighted by Crippen LogP contribution is -2.62. The van der Waals surface area contributed by atoms with Crippen LogP contribution in [-0.2, 0) is 30.0 Å². The third kappa shape index (κ3) is 7.93. The number of aliphatic hydroxyl groups is 1. The van der Waals surface area contributed by atoms with Crippen molar-refractivity contribution in [1.82, 2.24) is 0 Å². The number of carbonyl (C=O) groups is 2. The lowest BCUT2D eigenvalue weighted by molar-refractivity contribution is -0.293. The molecule has 3 aromatic carbocycles. The van der Waals surface area contributed by atoms with Gasteiger partial charge in [0.15, 0.2) is 26.8 Å². The summed E-state index contributed by atoms with van der Waals surface area (Å²) < 4.78 is 30.6.